The second-order valence-electron chi connectivity index (χ2n) is 5.01. The van der Waals surface area contributed by atoms with E-state index in [0.717, 1.165) is 35.9 Å². The highest BCUT2D eigenvalue weighted by atomic mass is 35.5. The Kier molecular flexibility index (Phi) is 3.73. The SMILES string of the molecule is Clc1ccc(OC2CCOC2)c(CNC2CC2)c1. The van der Waals surface area contributed by atoms with E-state index in [4.69, 9.17) is 21.1 Å². The number of halogens is 1. The van der Waals surface area contributed by atoms with Crippen LogP contribution in [0.2, 0.25) is 5.02 Å². The zero-order valence-electron chi connectivity index (χ0n) is 10.3. The van der Waals surface area contributed by atoms with Crippen molar-refractivity contribution in [2.75, 3.05) is 13.2 Å². The molecular formula is C14H18ClNO2. The summed E-state index contributed by atoms with van der Waals surface area (Å²) < 4.78 is 11.3. The van der Waals surface area contributed by atoms with Crippen molar-refractivity contribution in [1.82, 2.24) is 5.32 Å². The summed E-state index contributed by atoms with van der Waals surface area (Å²) >= 11 is 6.06. The average Bonchev–Trinajstić information content (AvgIpc) is 3.06. The summed E-state index contributed by atoms with van der Waals surface area (Å²) in [5.74, 6) is 0.933. The number of rotatable bonds is 5. The molecule has 1 heterocycles. The van der Waals surface area contributed by atoms with E-state index in [1.54, 1.807) is 0 Å². The largest absolute Gasteiger partial charge is 0.488 e. The molecule has 0 radical (unpaired) electrons. The van der Waals surface area contributed by atoms with Crippen molar-refractivity contribution in [2.24, 2.45) is 0 Å². The summed E-state index contributed by atoms with van der Waals surface area (Å²) in [6.45, 7) is 2.32. The van der Waals surface area contributed by atoms with Gasteiger partial charge in [-0.3, -0.25) is 0 Å². The highest BCUT2D eigenvalue weighted by Gasteiger charge is 2.22. The maximum atomic E-state index is 6.06. The van der Waals surface area contributed by atoms with Crippen LogP contribution in [0, 0.1) is 0 Å². The van der Waals surface area contributed by atoms with E-state index in [1.807, 2.05) is 18.2 Å². The molecule has 0 amide bonds. The molecule has 1 aromatic rings. The molecule has 0 aromatic heterocycles. The van der Waals surface area contributed by atoms with Crippen molar-refractivity contribution in [2.45, 2.75) is 38.0 Å². The Morgan fingerprint density at radius 1 is 1.33 bits per heavy atom. The van der Waals surface area contributed by atoms with Gasteiger partial charge in [-0.1, -0.05) is 11.6 Å². The molecule has 1 aromatic carbocycles. The molecule has 1 atom stereocenters. The molecule has 1 unspecified atom stereocenters. The summed E-state index contributed by atoms with van der Waals surface area (Å²) in [6.07, 6.45) is 3.73. The van der Waals surface area contributed by atoms with Gasteiger partial charge in [0, 0.05) is 29.6 Å². The molecule has 3 nitrogen and oxygen atoms in total. The van der Waals surface area contributed by atoms with Gasteiger partial charge in [0.1, 0.15) is 11.9 Å². The van der Waals surface area contributed by atoms with Crippen molar-refractivity contribution in [3.63, 3.8) is 0 Å². The topological polar surface area (TPSA) is 30.5 Å². The second-order valence-corrected chi connectivity index (χ2v) is 5.45. The van der Waals surface area contributed by atoms with Gasteiger partial charge in [-0.25, -0.2) is 0 Å². The molecule has 1 saturated carbocycles. The summed E-state index contributed by atoms with van der Waals surface area (Å²) in [4.78, 5) is 0. The molecular weight excluding hydrogens is 250 g/mol. The molecule has 2 fully saturated rings. The Labute approximate surface area is 112 Å². The van der Waals surface area contributed by atoms with Crippen molar-refractivity contribution in [3.8, 4) is 5.75 Å². The van der Waals surface area contributed by atoms with Crippen LogP contribution >= 0.6 is 11.6 Å². The smallest absolute Gasteiger partial charge is 0.124 e. The molecule has 0 bridgehead atoms. The normalized spacial score (nSPS) is 23.3. The monoisotopic (exact) mass is 267 g/mol. The molecule has 3 rings (SSSR count). The number of nitrogens with one attached hydrogen (secondary N) is 1. The van der Waals surface area contributed by atoms with Crippen molar-refractivity contribution >= 4 is 11.6 Å². The molecule has 1 N–H and O–H groups in total. The van der Waals surface area contributed by atoms with Gasteiger partial charge in [0.05, 0.1) is 13.2 Å². The predicted octanol–water partition coefficient (Wildman–Crippen LogP) is 2.76. The lowest BCUT2D eigenvalue weighted by atomic mass is 10.2. The maximum Gasteiger partial charge on any atom is 0.124 e. The lowest BCUT2D eigenvalue weighted by Crippen LogP contribution is -2.19. The van der Waals surface area contributed by atoms with Gasteiger partial charge in [0.2, 0.25) is 0 Å². The zero-order valence-corrected chi connectivity index (χ0v) is 11.1. The van der Waals surface area contributed by atoms with Gasteiger partial charge in [0.15, 0.2) is 0 Å². The molecule has 98 valence electrons. The first-order chi connectivity index (χ1) is 8.81. The lowest BCUT2D eigenvalue weighted by Gasteiger charge is -2.16. The van der Waals surface area contributed by atoms with Crippen LogP contribution < -0.4 is 10.1 Å². The highest BCUT2D eigenvalue weighted by Crippen LogP contribution is 2.27. The third-order valence-corrected chi connectivity index (χ3v) is 3.60. The Hall–Kier alpha value is -0.770. The molecule has 2 aliphatic rings. The fraction of sp³-hybridized carbons (Fsp3) is 0.571. The van der Waals surface area contributed by atoms with Crippen molar-refractivity contribution in [3.05, 3.63) is 28.8 Å². The van der Waals surface area contributed by atoms with Gasteiger partial charge in [-0.15, -0.1) is 0 Å². The van der Waals surface area contributed by atoms with Crippen molar-refractivity contribution in [1.29, 1.82) is 0 Å². The van der Waals surface area contributed by atoms with E-state index in [9.17, 15) is 0 Å². The van der Waals surface area contributed by atoms with Crippen LogP contribution in [-0.2, 0) is 11.3 Å². The first-order valence-electron chi connectivity index (χ1n) is 6.57. The highest BCUT2D eigenvalue weighted by molar-refractivity contribution is 6.30. The van der Waals surface area contributed by atoms with Gasteiger partial charge in [0.25, 0.3) is 0 Å². The fourth-order valence-electron chi connectivity index (χ4n) is 2.13. The summed E-state index contributed by atoms with van der Waals surface area (Å²) in [5.41, 5.74) is 1.14. The maximum absolute atomic E-state index is 6.06. The van der Waals surface area contributed by atoms with Gasteiger partial charge >= 0.3 is 0 Å². The van der Waals surface area contributed by atoms with E-state index in [-0.39, 0.29) is 6.10 Å². The molecule has 0 spiro atoms. The van der Waals surface area contributed by atoms with Crippen LogP contribution in [0.25, 0.3) is 0 Å². The van der Waals surface area contributed by atoms with E-state index in [2.05, 4.69) is 5.32 Å². The first-order valence-corrected chi connectivity index (χ1v) is 6.95. The van der Waals surface area contributed by atoms with E-state index in [1.165, 1.54) is 12.8 Å². The van der Waals surface area contributed by atoms with Gasteiger partial charge < -0.3 is 14.8 Å². The Morgan fingerprint density at radius 2 is 2.22 bits per heavy atom. The second kappa shape index (κ2) is 5.47. The molecule has 1 aliphatic carbocycles. The zero-order chi connectivity index (χ0) is 12.4. The van der Waals surface area contributed by atoms with E-state index in [0.29, 0.717) is 12.6 Å². The predicted molar refractivity (Wildman–Crippen MR) is 71.2 cm³/mol. The number of hydrogen-bond acceptors (Lipinski definition) is 3. The third-order valence-electron chi connectivity index (χ3n) is 3.36. The standard InChI is InChI=1S/C14H18ClNO2/c15-11-1-4-14(18-13-5-6-17-9-13)10(7-11)8-16-12-2-3-12/h1,4,7,12-13,16H,2-3,5-6,8-9H2. The molecule has 1 saturated heterocycles. The Morgan fingerprint density at radius 3 is 2.94 bits per heavy atom. The minimum atomic E-state index is 0.186. The van der Waals surface area contributed by atoms with Crippen LogP contribution in [0.3, 0.4) is 0 Å². The number of hydrogen-bond donors (Lipinski definition) is 1. The van der Waals surface area contributed by atoms with E-state index < -0.39 is 0 Å². The van der Waals surface area contributed by atoms with Crippen LogP contribution in [0.1, 0.15) is 24.8 Å². The van der Waals surface area contributed by atoms with Gasteiger partial charge in [-0.2, -0.15) is 0 Å². The number of benzene rings is 1. The lowest BCUT2D eigenvalue weighted by molar-refractivity contribution is 0.140. The average molecular weight is 268 g/mol. The van der Waals surface area contributed by atoms with Crippen molar-refractivity contribution < 1.29 is 9.47 Å². The first kappa shape index (κ1) is 12.3. The Balaban J connectivity index is 1.69. The van der Waals surface area contributed by atoms with Crippen LogP contribution in [0.5, 0.6) is 5.75 Å². The number of ether oxygens (including phenoxy) is 2. The summed E-state index contributed by atoms with van der Waals surface area (Å²) in [5, 5.41) is 4.26. The molecule has 1 aliphatic heterocycles. The van der Waals surface area contributed by atoms with Crippen LogP contribution in [-0.4, -0.2) is 25.4 Å². The minimum absolute atomic E-state index is 0.186. The molecule has 18 heavy (non-hydrogen) atoms. The fourth-order valence-corrected chi connectivity index (χ4v) is 2.32. The molecule has 4 heteroatoms. The quantitative estimate of drug-likeness (QED) is 0.890. The van der Waals surface area contributed by atoms with Crippen LogP contribution in [0.15, 0.2) is 18.2 Å². The van der Waals surface area contributed by atoms with Gasteiger partial charge in [-0.05, 0) is 31.0 Å². The Bertz CT molecular complexity index is 414. The summed E-state index contributed by atoms with van der Waals surface area (Å²) in [7, 11) is 0. The minimum Gasteiger partial charge on any atom is -0.488 e. The third kappa shape index (κ3) is 3.16. The van der Waals surface area contributed by atoms with Crippen LogP contribution in [0.4, 0.5) is 0 Å². The van der Waals surface area contributed by atoms with E-state index >= 15 is 0 Å². The summed E-state index contributed by atoms with van der Waals surface area (Å²) in [6, 6.07) is 6.52.